The van der Waals surface area contributed by atoms with E-state index in [-0.39, 0.29) is 80.5 Å². The van der Waals surface area contributed by atoms with E-state index in [1.165, 1.54) is 0 Å². The second-order valence-electron chi connectivity index (χ2n) is 0. The monoisotopic (exact) mass is 296 g/mol. The second-order valence-corrected chi connectivity index (χ2v) is 0. The molecule has 0 aliphatic heterocycles. The van der Waals surface area contributed by atoms with Crippen LogP contribution in [0.25, 0.3) is 0 Å². The summed E-state index contributed by atoms with van der Waals surface area (Å²) in [5, 5.41) is 0. The first-order valence-electron chi connectivity index (χ1n) is 0. The quantitative estimate of drug-likeness (QED) is 0.592. The molecule has 2 nitrogen and oxygen atoms in total. The SMILES string of the molecule is [Lu+3].[O-2].[O-2].[Y+3]. The minimum atomic E-state index is 0. The van der Waals surface area contributed by atoms with Gasteiger partial charge in [-0.2, -0.15) is 0 Å². The van der Waals surface area contributed by atoms with Gasteiger partial charge in [0.1, 0.15) is 0 Å². The summed E-state index contributed by atoms with van der Waals surface area (Å²) in [6.45, 7) is 0. The molecular formula is LuO2Y+2. The molecule has 0 aromatic carbocycles. The molecule has 0 saturated carbocycles. The zero-order chi connectivity index (χ0) is 0. The second kappa shape index (κ2) is 18.7. The average molecular weight is 296 g/mol. The molecule has 0 spiro atoms. The molecule has 0 fully saturated rings. The fraction of sp³-hybridized carbons (Fsp3) is 0. The third-order valence-corrected chi connectivity index (χ3v) is 0. The normalized spacial score (nSPS) is 0. The van der Waals surface area contributed by atoms with Crippen molar-refractivity contribution in [3.05, 3.63) is 0 Å². The Morgan fingerprint density at radius 3 is 0.750 bits per heavy atom. The molecule has 0 aromatic rings. The van der Waals surface area contributed by atoms with Crippen LogP contribution < -0.4 is 0 Å². The minimum absolute atomic E-state index is 0. The van der Waals surface area contributed by atoms with Gasteiger partial charge in [-0.15, -0.1) is 0 Å². The van der Waals surface area contributed by atoms with Gasteiger partial charge in [0.05, 0.1) is 0 Å². The van der Waals surface area contributed by atoms with Gasteiger partial charge >= 0.3 is 69.6 Å². The Hall–Kier alpha value is 2.26. The summed E-state index contributed by atoms with van der Waals surface area (Å²) in [6, 6.07) is 0. The maximum absolute atomic E-state index is 0. The van der Waals surface area contributed by atoms with E-state index in [0.717, 1.165) is 0 Å². The topological polar surface area (TPSA) is 57.0 Å². The Balaban J connectivity index is 0. The largest absolute Gasteiger partial charge is 3.00 e. The van der Waals surface area contributed by atoms with Crippen molar-refractivity contribution in [2.24, 2.45) is 0 Å². The summed E-state index contributed by atoms with van der Waals surface area (Å²) in [4.78, 5) is 0. The molecule has 0 heterocycles. The molecule has 0 aliphatic carbocycles. The maximum Gasteiger partial charge on any atom is 3.00 e. The van der Waals surface area contributed by atoms with Crippen LogP contribution in [0.5, 0.6) is 0 Å². The molecule has 0 radical (unpaired) electrons. The predicted octanol–water partition coefficient (Wildman–Crippen LogP) is -0.240. The molecule has 4 heteroatoms. The average Bonchev–Trinajstić information content (AvgIpc) is 0. The first-order valence-corrected chi connectivity index (χ1v) is 0. The summed E-state index contributed by atoms with van der Waals surface area (Å²) in [5.41, 5.74) is 0. The van der Waals surface area contributed by atoms with Gasteiger partial charge in [0.2, 0.25) is 0 Å². The van der Waals surface area contributed by atoms with Gasteiger partial charge in [-0.05, 0) is 0 Å². The van der Waals surface area contributed by atoms with Crippen molar-refractivity contribution in [2.75, 3.05) is 0 Å². The van der Waals surface area contributed by atoms with Crippen LogP contribution in [0.4, 0.5) is 0 Å². The van der Waals surface area contributed by atoms with Gasteiger partial charge in [-0.3, -0.25) is 0 Å². The van der Waals surface area contributed by atoms with E-state index in [0.29, 0.717) is 0 Å². The molecule has 0 aliphatic rings. The molecular weight excluding hydrogens is 296 g/mol. The minimum Gasteiger partial charge on any atom is -2.00 e. The van der Waals surface area contributed by atoms with Crippen LogP contribution in [-0.2, 0) is 43.7 Å². The Kier molecular flexibility index (Phi) is 159. The zero-order valence-electron chi connectivity index (χ0n) is 1.65. The summed E-state index contributed by atoms with van der Waals surface area (Å²) in [5.74, 6) is 0. The van der Waals surface area contributed by atoms with Crippen molar-refractivity contribution in [1.82, 2.24) is 0 Å². The van der Waals surface area contributed by atoms with Crippen molar-refractivity contribution < 1.29 is 80.5 Å². The Morgan fingerprint density at radius 1 is 0.750 bits per heavy atom. The molecule has 0 N–H and O–H groups in total. The molecule has 0 amide bonds. The van der Waals surface area contributed by atoms with E-state index >= 15 is 0 Å². The van der Waals surface area contributed by atoms with Crippen molar-refractivity contribution >= 4 is 0 Å². The van der Waals surface area contributed by atoms with Crippen LogP contribution in [0.3, 0.4) is 0 Å². The molecule has 0 saturated heterocycles. The summed E-state index contributed by atoms with van der Waals surface area (Å²) < 4.78 is 0. The third-order valence-electron chi connectivity index (χ3n) is 0. The van der Waals surface area contributed by atoms with Crippen molar-refractivity contribution in [1.29, 1.82) is 0 Å². The van der Waals surface area contributed by atoms with Crippen LogP contribution in [0, 0.1) is 36.9 Å². The Labute approximate surface area is 79.0 Å². The van der Waals surface area contributed by atoms with Gasteiger partial charge in [0.15, 0.2) is 0 Å². The Morgan fingerprint density at radius 2 is 0.750 bits per heavy atom. The van der Waals surface area contributed by atoms with Gasteiger partial charge in [-0.25, -0.2) is 0 Å². The summed E-state index contributed by atoms with van der Waals surface area (Å²) >= 11 is 0. The standard InChI is InChI=1S/Lu.2O.Y/q+3;2*-2;+3. The van der Waals surface area contributed by atoms with E-state index in [2.05, 4.69) is 0 Å². The van der Waals surface area contributed by atoms with Crippen LogP contribution >= 0.6 is 0 Å². The maximum atomic E-state index is 0. The third kappa shape index (κ3) is 8.86. The molecule has 4 heavy (non-hydrogen) atoms. The van der Waals surface area contributed by atoms with Crippen LogP contribution in [0.2, 0.25) is 0 Å². The summed E-state index contributed by atoms with van der Waals surface area (Å²) in [7, 11) is 0. The number of hydrogen-bond donors (Lipinski definition) is 0. The van der Waals surface area contributed by atoms with Crippen LogP contribution in [0.1, 0.15) is 0 Å². The fourth-order valence-corrected chi connectivity index (χ4v) is 0. The van der Waals surface area contributed by atoms with E-state index in [4.69, 9.17) is 0 Å². The smallest absolute Gasteiger partial charge is 2.00 e. The molecule has 0 atom stereocenters. The zero-order valence-corrected chi connectivity index (χ0v) is 6.15. The van der Waals surface area contributed by atoms with Gasteiger partial charge < -0.3 is 11.0 Å². The van der Waals surface area contributed by atoms with Crippen molar-refractivity contribution in [2.45, 2.75) is 0 Å². The Bertz CT molecular complexity index is 6.00. The molecule has 0 unspecified atom stereocenters. The first kappa shape index (κ1) is 33.9. The van der Waals surface area contributed by atoms with Gasteiger partial charge in [0, 0.05) is 0 Å². The van der Waals surface area contributed by atoms with Crippen LogP contribution in [0.15, 0.2) is 0 Å². The molecule has 0 rings (SSSR count). The molecule has 28 valence electrons. The van der Waals surface area contributed by atoms with E-state index < -0.39 is 0 Å². The van der Waals surface area contributed by atoms with Crippen LogP contribution in [-0.4, -0.2) is 0 Å². The van der Waals surface area contributed by atoms with E-state index in [1.807, 2.05) is 0 Å². The van der Waals surface area contributed by atoms with Gasteiger partial charge in [0.25, 0.3) is 0 Å². The molecule has 0 aromatic heterocycles. The fourth-order valence-electron chi connectivity index (χ4n) is 0. The van der Waals surface area contributed by atoms with E-state index in [9.17, 15) is 0 Å². The number of hydrogen-bond acceptors (Lipinski definition) is 0. The summed E-state index contributed by atoms with van der Waals surface area (Å²) in [6.07, 6.45) is 0. The van der Waals surface area contributed by atoms with Gasteiger partial charge in [-0.1, -0.05) is 0 Å². The predicted molar refractivity (Wildman–Crippen MR) is 1.37 cm³/mol. The van der Waals surface area contributed by atoms with Crippen molar-refractivity contribution in [3.8, 4) is 0 Å². The molecule has 0 bridgehead atoms. The first-order chi connectivity index (χ1) is 0. The number of rotatable bonds is 0. The van der Waals surface area contributed by atoms with Crippen molar-refractivity contribution in [3.63, 3.8) is 0 Å². The van der Waals surface area contributed by atoms with E-state index in [1.54, 1.807) is 0 Å².